The van der Waals surface area contributed by atoms with Gasteiger partial charge in [-0.3, -0.25) is 10.1 Å². The van der Waals surface area contributed by atoms with E-state index in [9.17, 15) is 10.1 Å². The number of halogens is 1. The van der Waals surface area contributed by atoms with Crippen molar-refractivity contribution in [1.29, 1.82) is 0 Å². The van der Waals surface area contributed by atoms with Crippen LogP contribution in [0.1, 0.15) is 19.8 Å². The molecule has 1 saturated heterocycles. The summed E-state index contributed by atoms with van der Waals surface area (Å²) in [4.78, 5) is 14.3. The molecule has 2 rings (SSSR count). The molecule has 1 fully saturated rings. The molecule has 1 aromatic rings. The predicted octanol–water partition coefficient (Wildman–Crippen LogP) is 2.30. The van der Waals surface area contributed by atoms with Crippen LogP contribution in [-0.4, -0.2) is 28.5 Å². The Balaban J connectivity index is 2.11. The molecule has 2 heterocycles. The van der Waals surface area contributed by atoms with Gasteiger partial charge >= 0.3 is 0 Å². The van der Waals surface area contributed by atoms with Crippen LogP contribution in [0, 0.1) is 10.1 Å². The van der Waals surface area contributed by atoms with E-state index in [1.54, 1.807) is 0 Å². The maximum atomic E-state index is 10.6. The van der Waals surface area contributed by atoms with Crippen molar-refractivity contribution in [1.82, 2.24) is 10.3 Å². The minimum absolute atomic E-state index is 0.0118. The maximum Gasteiger partial charge on any atom is 0.288 e. The molecule has 0 amide bonds. The first-order valence-corrected chi connectivity index (χ1v) is 6.67. The summed E-state index contributed by atoms with van der Waals surface area (Å²) in [6, 6.07) is 2.13. The van der Waals surface area contributed by atoms with Crippen molar-refractivity contribution in [3.8, 4) is 0 Å². The van der Waals surface area contributed by atoms with E-state index in [0.717, 1.165) is 19.4 Å². The van der Waals surface area contributed by atoms with E-state index in [-0.39, 0.29) is 5.69 Å². The zero-order valence-corrected chi connectivity index (χ0v) is 11.6. The molecule has 98 valence electrons. The number of rotatable bonds is 3. The van der Waals surface area contributed by atoms with Crippen molar-refractivity contribution in [2.24, 2.45) is 0 Å². The Morgan fingerprint density at radius 3 is 3.06 bits per heavy atom. The van der Waals surface area contributed by atoms with Gasteiger partial charge in [-0.05, 0) is 42.2 Å². The lowest BCUT2D eigenvalue weighted by Crippen LogP contribution is -2.46. The third-order valence-electron chi connectivity index (χ3n) is 3.12. The average Bonchev–Trinajstić information content (AvgIpc) is 2.34. The van der Waals surface area contributed by atoms with Crippen LogP contribution >= 0.6 is 15.9 Å². The Morgan fingerprint density at radius 2 is 2.44 bits per heavy atom. The second-order valence-electron chi connectivity index (χ2n) is 4.42. The van der Waals surface area contributed by atoms with Crippen LogP contribution in [0.5, 0.6) is 0 Å². The van der Waals surface area contributed by atoms with Gasteiger partial charge in [-0.2, -0.15) is 0 Å². The summed E-state index contributed by atoms with van der Waals surface area (Å²) in [7, 11) is 0. The number of nitrogens with one attached hydrogen (secondary N) is 2. The van der Waals surface area contributed by atoms with Crippen molar-refractivity contribution in [3.05, 3.63) is 26.9 Å². The van der Waals surface area contributed by atoms with Gasteiger partial charge in [0.1, 0.15) is 12.0 Å². The lowest BCUT2D eigenvalue weighted by atomic mass is 10.00. The van der Waals surface area contributed by atoms with Crippen LogP contribution in [0.4, 0.5) is 11.5 Å². The summed E-state index contributed by atoms with van der Waals surface area (Å²) in [5.41, 5.74) is -0.0118. The number of hydrogen-bond acceptors (Lipinski definition) is 5. The minimum atomic E-state index is -0.452. The van der Waals surface area contributed by atoms with Crippen LogP contribution in [0.15, 0.2) is 16.7 Å². The second-order valence-corrected chi connectivity index (χ2v) is 5.27. The van der Waals surface area contributed by atoms with E-state index >= 15 is 0 Å². The fourth-order valence-corrected chi connectivity index (χ4v) is 2.50. The molecule has 0 bridgehead atoms. The Bertz CT molecular complexity index is 455. The average molecular weight is 315 g/mol. The van der Waals surface area contributed by atoms with Crippen molar-refractivity contribution < 1.29 is 4.92 Å². The zero-order valence-electron chi connectivity index (χ0n) is 10.0. The molecular formula is C11H15BrN4O2. The summed E-state index contributed by atoms with van der Waals surface area (Å²) in [5.74, 6) is 0.654. The predicted molar refractivity (Wildman–Crippen MR) is 72.7 cm³/mol. The maximum absolute atomic E-state index is 10.6. The van der Waals surface area contributed by atoms with Gasteiger partial charge in [0.15, 0.2) is 0 Å². The Kier molecular flexibility index (Phi) is 4.13. The third kappa shape index (κ3) is 2.97. The summed E-state index contributed by atoms with van der Waals surface area (Å²) in [6.07, 6.45) is 3.46. The highest BCUT2D eigenvalue weighted by Gasteiger charge is 2.22. The van der Waals surface area contributed by atoms with Crippen molar-refractivity contribution in [2.45, 2.75) is 31.8 Å². The SMILES string of the molecule is CC1NCCCC1Nc1ncc([N+](=O)[O-])cc1Br. The van der Waals surface area contributed by atoms with E-state index in [1.165, 1.54) is 12.3 Å². The molecule has 0 aliphatic carbocycles. The molecule has 0 radical (unpaired) electrons. The fourth-order valence-electron chi connectivity index (χ4n) is 2.05. The van der Waals surface area contributed by atoms with Gasteiger partial charge in [0.2, 0.25) is 0 Å². The first-order chi connectivity index (χ1) is 8.58. The highest BCUT2D eigenvalue weighted by molar-refractivity contribution is 9.10. The normalized spacial score (nSPS) is 23.7. The van der Waals surface area contributed by atoms with Crippen molar-refractivity contribution in [3.63, 3.8) is 0 Å². The summed E-state index contributed by atoms with van der Waals surface area (Å²) in [6.45, 7) is 3.16. The van der Waals surface area contributed by atoms with Crippen LogP contribution in [-0.2, 0) is 0 Å². The first-order valence-electron chi connectivity index (χ1n) is 5.88. The molecule has 0 saturated carbocycles. The van der Waals surface area contributed by atoms with Crippen molar-refractivity contribution in [2.75, 3.05) is 11.9 Å². The molecular weight excluding hydrogens is 300 g/mol. The lowest BCUT2D eigenvalue weighted by molar-refractivity contribution is -0.385. The quantitative estimate of drug-likeness (QED) is 0.661. The topological polar surface area (TPSA) is 80.1 Å². The molecule has 7 heteroatoms. The van der Waals surface area contributed by atoms with Gasteiger partial charge in [-0.25, -0.2) is 4.98 Å². The molecule has 18 heavy (non-hydrogen) atoms. The van der Waals surface area contributed by atoms with Gasteiger partial charge in [0.05, 0.1) is 9.40 Å². The molecule has 1 aliphatic heterocycles. The standard InChI is InChI=1S/C11H15BrN4O2/c1-7-10(3-2-4-13-7)15-11-9(12)5-8(6-14-11)16(17)18/h5-7,10,13H,2-4H2,1H3,(H,14,15). The van der Waals surface area contributed by atoms with E-state index in [0.29, 0.717) is 22.4 Å². The summed E-state index contributed by atoms with van der Waals surface area (Å²) < 4.78 is 0.620. The number of nitro groups is 1. The Hall–Kier alpha value is -1.21. The molecule has 0 aromatic carbocycles. The molecule has 2 atom stereocenters. The number of hydrogen-bond donors (Lipinski definition) is 2. The zero-order chi connectivity index (χ0) is 13.1. The molecule has 1 aliphatic rings. The Morgan fingerprint density at radius 1 is 1.67 bits per heavy atom. The Labute approximate surface area is 113 Å². The van der Waals surface area contributed by atoms with Gasteiger partial charge in [-0.1, -0.05) is 0 Å². The van der Waals surface area contributed by atoms with E-state index in [4.69, 9.17) is 0 Å². The van der Waals surface area contributed by atoms with Gasteiger partial charge in [0, 0.05) is 18.2 Å². The number of pyridine rings is 1. The summed E-state index contributed by atoms with van der Waals surface area (Å²) >= 11 is 3.31. The molecule has 2 unspecified atom stereocenters. The van der Waals surface area contributed by atoms with Gasteiger partial charge in [-0.15, -0.1) is 0 Å². The number of aromatic nitrogens is 1. The number of nitrogens with zero attached hydrogens (tertiary/aromatic N) is 2. The smallest absolute Gasteiger partial charge is 0.288 e. The van der Waals surface area contributed by atoms with Crippen molar-refractivity contribution >= 4 is 27.4 Å². The fraction of sp³-hybridized carbons (Fsp3) is 0.545. The van der Waals surface area contributed by atoms with Crippen LogP contribution in [0.2, 0.25) is 0 Å². The molecule has 1 aromatic heterocycles. The van der Waals surface area contributed by atoms with Gasteiger partial charge < -0.3 is 10.6 Å². The monoisotopic (exact) mass is 314 g/mol. The van der Waals surface area contributed by atoms with E-state index in [2.05, 4.69) is 38.5 Å². The van der Waals surface area contributed by atoms with Crippen LogP contribution in [0.3, 0.4) is 0 Å². The summed E-state index contributed by atoms with van der Waals surface area (Å²) in [5, 5.41) is 17.3. The van der Waals surface area contributed by atoms with Gasteiger partial charge in [0.25, 0.3) is 5.69 Å². The van der Waals surface area contributed by atoms with E-state index < -0.39 is 4.92 Å². The van der Waals surface area contributed by atoms with E-state index in [1.807, 2.05) is 0 Å². The number of piperidine rings is 1. The molecule has 6 nitrogen and oxygen atoms in total. The number of anilines is 1. The minimum Gasteiger partial charge on any atom is -0.365 e. The lowest BCUT2D eigenvalue weighted by Gasteiger charge is -2.31. The van der Waals surface area contributed by atoms with Crippen LogP contribution < -0.4 is 10.6 Å². The molecule has 2 N–H and O–H groups in total. The largest absolute Gasteiger partial charge is 0.365 e. The van der Waals surface area contributed by atoms with Crippen LogP contribution in [0.25, 0.3) is 0 Å². The highest BCUT2D eigenvalue weighted by Crippen LogP contribution is 2.26. The third-order valence-corrected chi connectivity index (χ3v) is 3.73. The highest BCUT2D eigenvalue weighted by atomic mass is 79.9. The molecule has 0 spiro atoms. The second kappa shape index (κ2) is 5.62. The first kappa shape index (κ1) is 13.2.